The minimum Gasteiger partial charge on any atom is -0.462 e. The van der Waals surface area contributed by atoms with Crippen molar-refractivity contribution in [1.29, 1.82) is 0 Å². The lowest BCUT2D eigenvalue weighted by molar-refractivity contribution is 0.0450. The van der Waals surface area contributed by atoms with Crippen molar-refractivity contribution in [2.45, 2.75) is 199 Å². The lowest BCUT2D eigenvalue weighted by atomic mass is 10.1. The topological polar surface area (TPSA) is 107 Å². The van der Waals surface area contributed by atoms with E-state index < -0.39 is 27.0 Å². The van der Waals surface area contributed by atoms with E-state index in [0.29, 0.717) is 12.8 Å². The van der Waals surface area contributed by atoms with E-state index in [0.717, 1.165) is 63.5 Å². The van der Waals surface area contributed by atoms with Crippen LogP contribution in [0.3, 0.4) is 0 Å². The molecule has 1 N–H and O–H groups in total. The third kappa shape index (κ3) is 26.3. The van der Waals surface area contributed by atoms with Crippen LogP contribution in [-0.4, -0.2) is 38.1 Å². The molecule has 0 aliphatic carbocycles. The predicted molar refractivity (Wildman–Crippen MR) is 216 cm³/mol. The summed E-state index contributed by atoms with van der Waals surface area (Å²) in [5, 5.41) is 0. The molecule has 0 aliphatic heterocycles. The number of unbranched alkanes of at least 4 members (excludes halogenated alkanes) is 24. The Labute approximate surface area is 318 Å². The molecule has 0 saturated heterocycles. The van der Waals surface area contributed by atoms with Gasteiger partial charge in [-0.15, -0.1) is 0 Å². The van der Waals surface area contributed by atoms with Crippen LogP contribution in [0.15, 0.2) is 47.4 Å². The highest BCUT2D eigenvalue weighted by molar-refractivity contribution is 7.85. The fourth-order valence-electron chi connectivity index (χ4n) is 6.22. The molecule has 1 aromatic rings. The molecule has 0 spiro atoms. The number of benzene rings is 1. The molecule has 0 heterocycles. The number of rotatable bonds is 35. The number of carbonyl (C=O) groups is 2. The van der Waals surface area contributed by atoms with Crippen LogP contribution in [0.4, 0.5) is 0 Å². The standard InChI is InChI=1S/C44H74O7S/c1-3-5-7-9-11-13-15-17-19-21-23-25-27-29-31-33-37-50-43(45)41-36-35-40(52(47,48)49)39-42(41)44(46)51-38-34-32-30-28-26-24-22-20-18-16-14-12-10-8-6-4-2/h15-18,35-36,39H,3-14,19-34,37-38H2,1-2H3,(H,47,48,49)/b17-15+,18-16+. The van der Waals surface area contributed by atoms with Crippen molar-refractivity contribution in [2.24, 2.45) is 0 Å². The minimum atomic E-state index is -4.57. The van der Waals surface area contributed by atoms with E-state index in [1.807, 2.05) is 0 Å². The first-order chi connectivity index (χ1) is 25.3. The van der Waals surface area contributed by atoms with Crippen LogP contribution < -0.4 is 0 Å². The third-order valence-electron chi connectivity index (χ3n) is 9.51. The molecule has 0 radical (unpaired) electrons. The zero-order chi connectivity index (χ0) is 38.0. The Morgan fingerprint density at radius 1 is 0.500 bits per heavy atom. The van der Waals surface area contributed by atoms with Crippen molar-refractivity contribution in [2.75, 3.05) is 13.2 Å². The average Bonchev–Trinajstić information content (AvgIpc) is 3.13. The molecule has 52 heavy (non-hydrogen) atoms. The summed E-state index contributed by atoms with van der Waals surface area (Å²) in [4.78, 5) is 25.3. The summed E-state index contributed by atoms with van der Waals surface area (Å²) in [6.07, 6.45) is 42.3. The van der Waals surface area contributed by atoms with E-state index in [4.69, 9.17) is 9.47 Å². The molecule has 0 fully saturated rings. The Balaban J connectivity index is 2.25. The summed E-state index contributed by atoms with van der Waals surface area (Å²) in [6, 6.07) is 3.29. The Morgan fingerprint density at radius 2 is 0.827 bits per heavy atom. The lowest BCUT2D eigenvalue weighted by Crippen LogP contribution is -2.16. The molecule has 298 valence electrons. The second-order valence-electron chi connectivity index (χ2n) is 14.3. The van der Waals surface area contributed by atoms with Gasteiger partial charge in [0, 0.05) is 0 Å². The van der Waals surface area contributed by atoms with Crippen LogP contribution in [0, 0.1) is 0 Å². The van der Waals surface area contributed by atoms with E-state index >= 15 is 0 Å². The summed E-state index contributed by atoms with van der Waals surface area (Å²) in [6.45, 7) is 4.88. The van der Waals surface area contributed by atoms with E-state index in [2.05, 4.69) is 38.2 Å². The highest BCUT2D eigenvalue weighted by atomic mass is 32.2. The van der Waals surface area contributed by atoms with Crippen LogP contribution in [0.1, 0.15) is 214 Å². The fraction of sp³-hybridized carbons (Fsp3) is 0.727. The van der Waals surface area contributed by atoms with Gasteiger partial charge in [-0.1, -0.05) is 154 Å². The molecular weight excluding hydrogens is 673 g/mol. The largest absolute Gasteiger partial charge is 0.462 e. The maximum atomic E-state index is 12.9. The number of carbonyl (C=O) groups excluding carboxylic acids is 2. The van der Waals surface area contributed by atoms with Crippen molar-refractivity contribution >= 4 is 22.1 Å². The summed E-state index contributed by atoms with van der Waals surface area (Å²) < 4.78 is 43.8. The summed E-state index contributed by atoms with van der Waals surface area (Å²) in [5.41, 5.74) is -0.280. The molecule has 0 unspecified atom stereocenters. The number of ether oxygens (including phenoxy) is 2. The van der Waals surface area contributed by atoms with Crippen LogP contribution in [0.2, 0.25) is 0 Å². The molecule has 0 saturated carbocycles. The maximum absolute atomic E-state index is 12.9. The van der Waals surface area contributed by atoms with E-state index in [9.17, 15) is 22.6 Å². The molecule has 0 amide bonds. The Bertz CT molecular complexity index is 1200. The second kappa shape index (κ2) is 33.1. The van der Waals surface area contributed by atoms with Crippen molar-refractivity contribution in [1.82, 2.24) is 0 Å². The SMILES string of the molecule is CCCCCCC/C=C/CCCCCCCCCOC(=O)c1ccc(S(=O)(=O)O)cc1C(=O)OCCCCCCCCC/C=C/CCCCCCC. The van der Waals surface area contributed by atoms with Crippen LogP contribution >= 0.6 is 0 Å². The first-order valence-electron chi connectivity index (χ1n) is 21.1. The normalized spacial score (nSPS) is 11.9. The monoisotopic (exact) mass is 747 g/mol. The van der Waals surface area contributed by atoms with Crippen molar-refractivity contribution in [3.05, 3.63) is 53.6 Å². The molecular formula is C44H74O7S. The van der Waals surface area contributed by atoms with E-state index in [-0.39, 0.29) is 24.3 Å². The third-order valence-corrected chi connectivity index (χ3v) is 10.4. The van der Waals surface area contributed by atoms with Crippen molar-refractivity contribution < 1.29 is 32.0 Å². The average molecular weight is 747 g/mol. The smallest absolute Gasteiger partial charge is 0.339 e. The molecule has 0 atom stereocenters. The first kappa shape index (κ1) is 47.6. The van der Waals surface area contributed by atoms with Crippen LogP contribution in [0.25, 0.3) is 0 Å². The molecule has 0 aromatic heterocycles. The highest BCUT2D eigenvalue weighted by Crippen LogP contribution is 2.20. The molecule has 0 aliphatic rings. The molecule has 7 nitrogen and oxygen atoms in total. The molecule has 1 rings (SSSR count). The molecule has 8 heteroatoms. The van der Waals surface area contributed by atoms with Crippen LogP contribution in [-0.2, 0) is 19.6 Å². The van der Waals surface area contributed by atoms with Crippen LogP contribution in [0.5, 0.6) is 0 Å². The molecule has 1 aromatic carbocycles. The summed E-state index contributed by atoms with van der Waals surface area (Å²) in [5.74, 6) is -1.51. The quantitative estimate of drug-likeness (QED) is 0.0319. The van der Waals surface area contributed by atoms with Gasteiger partial charge in [0.15, 0.2) is 0 Å². The zero-order valence-corrected chi connectivity index (χ0v) is 33.9. The number of hydrogen-bond donors (Lipinski definition) is 1. The molecule has 0 bridgehead atoms. The Kier molecular flexibility index (Phi) is 30.3. The predicted octanol–water partition coefficient (Wildman–Crippen LogP) is 13.3. The van der Waals surface area contributed by atoms with Gasteiger partial charge in [-0.25, -0.2) is 9.59 Å². The van der Waals surface area contributed by atoms with Gasteiger partial charge >= 0.3 is 11.9 Å². The van der Waals surface area contributed by atoms with Crippen molar-refractivity contribution in [3.8, 4) is 0 Å². The van der Waals surface area contributed by atoms with Gasteiger partial charge in [-0.3, -0.25) is 4.55 Å². The van der Waals surface area contributed by atoms with Gasteiger partial charge in [0.25, 0.3) is 10.1 Å². The van der Waals surface area contributed by atoms with E-state index in [1.54, 1.807) is 0 Å². The van der Waals surface area contributed by atoms with Gasteiger partial charge in [-0.2, -0.15) is 8.42 Å². The zero-order valence-electron chi connectivity index (χ0n) is 33.1. The van der Waals surface area contributed by atoms with E-state index in [1.165, 1.54) is 122 Å². The van der Waals surface area contributed by atoms with Gasteiger partial charge in [-0.05, 0) is 82.4 Å². The van der Waals surface area contributed by atoms with Gasteiger partial charge in [0.1, 0.15) is 0 Å². The highest BCUT2D eigenvalue weighted by Gasteiger charge is 2.23. The second-order valence-corrected chi connectivity index (χ2v) is 15.8. The minimum absolute atomic E-state index is 0.0650. The maximum Gasteiger partial charge on any atom is 0.339 e. The lowest BCUT2D eigenvalue weighted by Gasteiger charge is -2.11. The van der Waals surface area contributed by atoms with Crippen molar-refractivity contribution in [3.63, 3.8) is 0 Å². The first-order valence-corrected chi connectivity index (χ1v) is 22.5. The van der Waals surface area contributed by atoms with Gasteiger partial charge in [0.05, 0.1) is 29.2 Å². The Hall–Kier alpha value is -2.45. The number of hydrogen-bond acceptors (Lipinski definition) is 6. The summed E-state index contributed by atoms with van der Waals surface area (Å²) >= 11 is 0. The Morgan fingerprint density at radius 3 is 1.19 bits per heavy atom. The summed E-state index contributed by atoms with van der Waals surface area (Å²) in [7, 11) is -4.57. The fourth-order valence-corrected chi connectivity index (χ4v) is 6.72. The van der Waals surface area contributed by atoms with Gasteiger partial charge < -0.3 is 9.47 Å². The van der Waals surface area contributed by atoms with Gasteiger partial charge in [0.2, 0.25) is 0 Å². The number of allylic oxidation sites excluding steroid dienone is 4. The number of esters is 2.